The van der Waals surface area contributed by atoms with Crippen LogP contribution in [0.5, 0.6) is 0 Å². The number of nitrogens with zero attached hydrogens (tertiary/aromatic N) is 1. The minimum Gasteiger partial charge on any atom is -0.246 e. The Hall–Kier alpha value is -1.80. The molecule has 1 aliphatic heterocycles. The van der Waals surface area contributed by atoms with Crippen LogP contribution in [0.2, 0.25) is 0 Å². The molecule has 0 spiro atoms. The lowest BCUT2D eigenvalue weighted by atomic mass is 10.1. The first kappa shape index (κ1) is 12.2. The van der Waals surface area contributed by atoms with Gasteiger partial charge in [-0.15, -0.1) is 11.8 Å². The molecule has 0 radical (unpaired) electrons. The van der Waals surface area contributed by atoms with Gasteiger partial charge in [-0.3, -0.25) is 0 Å². The van der Waals surface area contributed by atoms with E-state index in [1.165, 1.54) is 21.7 Å². The molecular weight excluding hydrogens is 250 g/mol. The standard InChI is InChI=1S/C17H15NS/c1-2-13-7-9-14(10-8-13)12-19-17-11-15-5-3-4-6-16(15)18-17/h2-10H,1,11-12H2. The van der Waals surface area contributed by atoms with E-state index in [0.29, 0.717) is 0 Å². The fraction of sp³-hybridized carbons (Fsp3) is 0.118. The molecule has 19 heavy (non-hydrogen) atoms. The first-order chi connectivity index (χ1) is 9.35. The van der Waals surface area contributed by atoms with Gasteiger partial charge < -0.3 is 0 Å². The molecule has 0 amide bonds. The first-order valence-corrected chi connectivity index (χ1v) is 7.33. The molecule has 2 heteroatoms. The Bertz CT molecular complexity index is 626. The molecule has 0 bridgehead atoms. The van der Waals surface area contributed by atoms with Gasteiger partial charge in [0.25, 0.3) is 0 Å². The number of thioether (sulfide) groups is 1. The van der Waals surface area contributed by atoms with Crippen molar-refractivity contribution in [3.63, 3.8) is 0 Å². The van der Waals surface area contributed by atoms with Crippen LogP contribution in [-0.2, 0) is 12.2 Å². The number of benzene rings is 2. The molecule has 0 N–H and O–H groups in total. The van der Waals surface area contributed by atoms with Crippen molar-refractivity contribution < 1.29 is 0 Å². The zero-order valence-corrected chi connectivity index (χ0v) is 11.5. The highest BCUT2D eigenvalue weighted by molar-refractivity contribution is 8.13. The minimum atomic E-state index is 0.976. The van der Waals surface area contributed by atoms with E-state index < -0.39 is 0 Å². The second-order valence-electron chi connectivity index (χ2n) is 4.55. The van der Waals surface area contributed by atoms with Crippen LogP contribution >= 0.6 is 11.8 Å². The molecule has 3 rings (SSSR count). The summed E-state index contributed by atoms with van der Waals surface area (Å²) in [6, 6.07) is 16.9. The predicted octanol–water partition coefficient (Wildman–Crippen LogP) is 4.85. The molecule has 1 aliphatic rings. The van der Waals surface area contributed by atoms with Crippen LogP contribution in [0, 0.1) is 0 Å². The van der Waals surface area contributed by atoms with Gasteiger partial charge in [-0.2, -0.15) is 0 Å². The number of hydrogen-bond donors (Lipinski definition) is 0. The summed E-state index contributed by atoms with van der Waals surface area (Å²) >= 11 is 1.83. The molecular formula is C17H15NS. The summed E-state index contributed by atoms with van der Waals surface area (Å²) in [4.78, 5) is 4.66. The third kappa shape index (κ3) is 2.79. The van der Waals surface area contributed by atoms with E-state index in [4.69, 9.17) is 0 Å². The molecule has 0 fully saturated rings. The Labute approximate surface area is 118 Å². The quantitative estimate of drug-likeness (QED) is 0.772. The van der Waals surface area contributed by atoms with Gasteiger partial charge in [-0.1, -0.05) is 55.1 Å². The van der Waals surface area contributed by atoms with E-state index in [1.54, 1.807) is 0 Å². The maximum atomic E-state index is 4.66. The molecule has 0 unspecified atom stereocenters. The van der Waals surface area contributed by atoms with Crippen molar-refractivity contribution in [1.82, 2.24) is 0 Å². The Morgan fingerprint density at radius 1 is 1.11 bits per heavy atom. The minimum absolute atomic E-state index is 0.976. The summed E-state index contributed by atoms with van der Waals surface area (Å²) in [5.74, 6) is 0.976. The normalized spacial score (nSPS) is 12.9. The van der Waals surface area contributed by atoms with Crippen LogP contribution in [-0.4, -0.2) is 5.04 Å². The van der Waals surface area contributed by atoms with Crippen LogP contribution in [0.1, 0.15) is 16.7 Å². The van der Waals surface area contributed by atoms with Gasteiger partial charge in [0.2, 0.25) is 0 Å². The molecule has 0 saturated carbocycles. The van der Waals surface area contributed by atoms with E-state index in [0.717, 1.165) is 17.9 Å². The first-order valence-electron chi connectivity index (χ1n) is 6.35. The van der Waals surface area contributed by atoms with Crippen LogP contribution in [0.4, 0.5) is 5.69 Å². The molecule has 2 aromatic carbocycles. The lowest BCUT2D eigenvalue weighted by Gasteiger charge is -2.02. The van der Waals surface area contributed by atoms with Gasteiger partial charge in [0.15, 0.2) is 0 Å². The zero-order chi connectivity index (χ0) is 13.1. The average molecular weight is 265 g/mol. The summed E-state index contributed by atoms with van der Waals surface area (Å²) in [5, 5.41) is 1.22. The van der Waals surface area contributed by atoms with Crippen LogP contribution < -0.4 is 0 Å². The fourth-order valence-corrected chi connectivity index (χ4v) is 3.05. The van der Waals surface area contributed by atoms with Crippen LogP contribution in [0.25, 0.3) is 6.08 Å². The van der Waals surface area contributed by atoms with E-state index in [1.807, 2.05) is 23.9 Å². The number of fused-ring (bicyclic) bond motifs is 1. The Morgan fingerprint density at radius 3 is 2.63 bits per heavy atom. The van der Waals surface area contributed by atoms with Gasteiger partial charge in [0.1, 0.15) is 0 Å². The fourth-order valence-electron chi connectivity index (χ4n) is 2.11. The monoisotopic (exact) mass is 265 g/mol. The summed E-state index contributed by atoms with van der Waals surface area (Å²) in [6.07, 6.45) is 2.85. The molecule has 1 nitrogen and oxygen atoms in total. The SMILES string of the molecule is C=Cc1ccc(CSC2=Nc3ccccc3C2)cc1. The second kappa shape index (κ2) is 5.45. The molecule has 2 aromatic rings. The van der Waals surface area contributed by atoms with Gasteiger partial charge in [-0.05, 0) is 22.8 Å². The smallest absolute Gasteiger partial charge is 0.0786 e. The van der Waals surface area contributed by atoms with Gasteiger partial charge in [0, 0.05) is 12.2 Å². The van der Waals surface area contributed by atoms with Crippen molar-refractivity contribution in [3.05, 3.63) is 71.8 Å². The Kier molecular flexibility index (Phi) is 3.51. The van der Waals surface area contributed by atoms with E-state index in [-0.39, 0.29) is 0 Å². The topological polar surface area (TPSA) is 12.4 Å². The highest BCUT2D eigenvalue weighted by Crippen LogP contribution is 2.30. The van der Waals surface area contributed by atoms with Crippen LogP contribution in [0.3, 0.4) is 0 Å². The maximum absolute atomic E-state index is 4.66. The van der Waals surface area contributed by atoms with Gasteiger partial charge in [0.05, 0.1) is 10.7 Å². The van der Waals surface area contributed by atoms with Crippen molar-refractivity contribution in [2.75, 3.05) is 0 Å². The van der Waals surface area contributed by atoms with E-state index >= 15 is 0 Å². The van der Waals surface area contributed by atoms with Gasteiger partial charge >= 0.3 is 0 Å². The molecule has 94 valence electrons. The van der Waals surface area contributed by atoms with E-state index in [2.05, 4.69) is 54.0 Å². The van der Waals surface area contributed by atoms with Crippen molar-refractivity contribution in [2.45, 2.75) is 12.2 Å². The summed E-state index contributed by atoms with van der Waals surface area (Å²) in [6.45, 7) is 3.77. The summed E-state index contributed by atoms with van der Waals surface area (Å²) in [7, 11) is 0. The highest BCUT2D eigenvalue weighted by atomic mass is 32.2. The van der Waals surface area contributed by atoms with Crippen molar-refractivity contribution in [2.24, 2.45) is 4.99 Å². The van der Waals surface area contributed by atoms with Crippen molar-refractivity contribution >= 4 is 28.6 Å². The summed E-state index contributed by atoms with van der Waals surface area (Å²) in [5.41, 5.74) is 4.97. The summed E-state index contributed by atoms with van der Waals surface area (Å²) < 4.78 is 0. The number of hydrogen-bond acceptors (Lipinski definition) is 2. The number of rotatable bonds is 3. The second-order valence-corrected chi connectivity index (χ2v) is 5.59. The zero-order valence-electron chi connectivity index (χ0n) is 10.7. The Balaban J connectivity index is 1.63. The van der Waals surface area contributed by atoms with E-state index in [9.17, 15) is 0 Å². The molecule has 0 saturated heterocycles. The third-order valence-electron chi connectivity index (χ3n) is 3.20. The lowest BCUT2D eigenvalue weighted by Crippen LogP contribution is -1.92. The maximum Gasteiger partial charge on any atom is 0.0786 e. The molecule has 0 aliphatic carbocycles. The third-order valence-corrected chi connectivity index (χ3v) is 4.25. The molecule has 1 heterocycles. The number of para-hydroxylation sites is 1. The lowest BCUT2D eigenvalue weighted by molar-refractivity contribution is 1.40. The average Bonchev–Trinajstić information content (AvgIpc) is 2.88. The number of aliphatic imine (C=N–C) groups is 1. The van der Waals surface area contributed by atoms with Crippen molar-refractivity contribution in [1.29, 1.82) is 0 Å². The predicted molar refractivity (Wildman–Crippen MR) is 85.1 cm³/mol. The van der Waals surface area contributed by atoms with Crippen LogP contribution in [0.15, 0.2) is 60.1 Å². The highest BCUT2D eigenvalue weighted by Gasteiger charge is 2.13. The van der Waals surface area contributed by atoms with Crippen molar-refractivity contribution in [3.8, 4) is 0 Å². The molecule has 0 aromatic heterocycles. The Morgan fingerprint density at radius 2 is 1.89 bits per heavy atom. The largest absolute Gasteiger partial charge is 0.246 e. The molecule has 0 atom stereocenters. The van der Waals surface area contributed by atoms with Gasteiger partial charge in [-0.25, -0.2) is 4.99 Å².